The van der Waals surface area contributed by atoms with Crippen LogP contribution in [-0.4, -0.2) is 40.1 Å². The minimum absolute atomic E-state index is 0.247. The van der Waals surface area contributed by atoms with Gasteiger partial charge in [-0.05, 0) is 49.6 Å². The summed E-state index contributed by atoms with van der Waals surface area (Å²) in [5.41, 5.74) is 2.72. The minimum atomic E-state index is 0.247. The van der Waals surface area contributed by atoms with Gasteiger partial charge in [-0.15, -0.1) is 0 Å². The van der Waals surface area contributed by atoms with Crippen molar-refractivity contribution in [2.45, 2.75) is 31.4 Å². The van der Waals surface area contributed by atoms with Crippen molar-refractivity contribution in [2.24, 2.45) is 5.92 Å². The molecule has 4 nitrogen and oxygen atoms in total. The van der Waals surface area contributed by atoms with E-state index in [2.05, 4.69) is 17.4 Å². The standard InChI is InChI=1S/C17H25NO3/c1-18-17-15-5-4-14(19-2)9-13(15)3-6-16(17)21-11-12-7-8-20-10-12/h4-5,9,12,16-18H,3,6-8,10-11H2,1-2H3. The lowest BCUT2D eigenvalue weighted by molar-refractivity contribution is -0.00351. The molecule has 1 N–H and O–H groups in total. The smallest absolute Gasteiger partial charge is 0.119 e. The third-order valence-electron chi connectivity index (χ3n) is 4.64. The summed E-state index contributed by atoms with van der Waals surface area (Å²) >= 11 is 0. The van der Waals surface area contributed by atoms with Gasteiger partial charge in [0.1, 0.15) is 5.75 Å². The van der Waals surface area contributed by atoms with E-state index in [1.165, 1.54) is 11.1 Å². The Morgan fingerprint density at radius 2 is 2.24 bits per heavy atom. The van der Waals surface area contributed by atoms with Crippen molar-refractivity contribution in [1.29, 1.82) is 0 Å². The largest absolute Gasteiger partial charge is 0.497 e. The molecule has 1 fully saturated rings. The summed E-state index contributed by atoms with van der Waals surface area (Å²) in [6, 6.07) is 6.63. The zero-order valence-electron chi connectivity index (χ0n) is 12.9. The number of hydrogen-bond donors (Lipinski definition) is 1. The number of rotatable bonds is 5. The first-order chi connectivity index (χ1) is 10.3. The van der Waals surface area contributed by atoms with Crippen LogP contribution in [0.1, 0.15) is 30.0 Å². The summed E-state index contributed by atoms with van der Waals surface area (Å²) in [6.45, 7) is 2.55. The predicted molar refractivity (Wildman–Crippen MR) is 81.8 cm³/mol. The first-order valence-corrected chi connectivity index (χ1v) is 7.85. The molecule has 2 aliphatic rings. The molecule has 116 valence electrons. The molecule has 3 rings (SSSR count). The molecular formula is C17H25NO3. The Morgan fingerprint density at radius 1 is 1.33 bits per heavy atom. The second-order valence-electron chi connectivity index (χ2n) is 5.97. The van der Waals surface area contributed by atoms with Gasteiger partial charge in [0.25, 0.3) is 0 Å². The van der Waals surface area contributed by atoms with Crippen LogP contribution in [0.25, 0.3) is 0 Å². The number of hydrogen-bond acceptors (Lipinski definition) is 4. The molecule has 0 bridgehead atoms. The number of aryl methyl sites for hydroxylation is 1. The SMILES string of the molecule is CNC1c2ccc(OC)cc2CCC1OCC1CCOC1. The van der Waals surface area contributed by atoms with E-state index >= 15 is 0 Å². The zero-order valence-corrected chi connectivity index (χ0v) is 12.9. The van der Waals surface area contributed by atoms with Crippen LogP contribution in [0.3, 0.4) is 0 Å². The highest BCUT2D eigenvalue weighted by Crippen LogP contribution is 2.34. The molecule has 1 saturated heterocycles. The van der Waals surface area contributed by atoms with Gasteiger partial charge in [-0.1, -0.05) is 6.07 Å². The van der Waals surface area contributed by atoms with Gasteiger partial charge in [0, 0.05) is 12.5 Å². The van der Waals surface area contributed by atoms with E-state index < -0.39 is 0 Å². The highest BCUT2D eigenvalue weighted by Gasteiger charge is 2.30. The first-order valence-electron chi connectivity index (χ1n) is 7.85. The van der Waals surface area contributed by atoms with Crippen molar-refractivity contribution < 1.29 is 14.2 Å². The molecule has 1 aromatic rings. The Morgan fingerprint density at radius 3 is 2.95 bits per heavy atom. The van der Waals surface area contributed by atoms with Crippen LogP contribution >= 0.6 is 0 Å². The minimum Gasteiger partial charge on any atom is -0.497 e. The summed E-state index contributed by atoms with van der Waals surface area (Å²) in [6.07, 6.45) is 3.48. The summed E-state index contributed by atoms with van der Waals surface area (Å²) in [4.78, 5) is 0. The van der Waals surface area contributed by atoms with Gasteiger partial charge in [-0.2, -0.15) is 0 Å². The summed E-state index contributed by atoms with van der Waals surface area (Å²) < 4.78 is 17.0. The Hall–Kier alpha value is -1.10. The fourth-order valence-corrected chi connectivity index (χ4v) is 3.39. The van der Waals surface area contributed by atoms with Gasteiger partial charge in [-0.25, -0.2) is 0 Å². The molecule has 0 radical (unpaired) electrons. The molecule has 1 heterocycles. The Bertz CT molecular complexity index is 471. The molecule has 0 aromatic heterocycles. The number of benzene rings is 1. The molecule has 21 heavy (non-hydrogen) atoms. The Balaban J connectivity index is 1.68. The maximum absolute atomic E-state index is 6.21. The van der Waals surface area contributed by atoms with Crippen LogP contribution in [0, 0.1) is 5.92 Å². The van der Waals surface area contributed by atoms with E-state index in [-0.39, 0.29) is 12.1 Å². The van der Waals surface area contributed by atoms with Crippen LogP contribution in [0.15, 0.2) is 18.2 Å². The Kier molecular flexibility index (Phi) is 4.78. The summed E-state index contributed by atoms with van der Waals surface area (Å²) in [7, 11) is 3.73. The first kappa shape index (κ1) is 14.8. The second-order valence-corrected chi connectivity index (χ2v) is 5.97. The Labute approximate surface area is 126 Å². The fourth-order valence-electron chi connectivity index (χ4n) is 3.39. The average Bonchev–Trinajstić information content (AvgIpc) is 3.05. The number of fused-ring (bicyclic) bond motifs is 1. The number of methoxy groups -OCH3 is 1. The van der Waals surface area contributed by atoms with Gasteiger partial charge in [0.2, 0.25) is 0 Å². The van der Waals surface area contributed by atoms with Crippen LogP contribution in [0.2, 0.25) is 0 Å². The monoisotopic (exact) mass is 291 g/mol. The predicted octanol–water partition coefficient (Wildman–Crippen LogP) is 2.32. The van der Waals surface area contributed by atoms with Gasteiger partial charge < -0.3 is 19.5 Å². The maximum atomic E-state index is 6.21. The third kappa shape index (κ3) is 3.23. The molecule has 0 amide bonds. The molecule has 1 aromatic carbocycles. The average molecular weight is 291 g/mol. The van der Waals surface area contributed by atoms with Crippen LogP contribution in [-0.2, 0) is 15.9 Å². The maximum Gasteiger partial charge on any atom is 0.119 e. The van der Waals surface area contributed by atoms with Crippen LogP contribution < -0.4 is 10.1 Å². The van der Waals surface area contributed by atoms with Gasteiger partial charge in [0.05, 0.1) is 32.5 Å². The van der Waals surface area contributed by atoms with E-state index in [1.54, 1.807) is 7.11 Å². The highest BCUT2D eigenvalue weighted by molar-refractivity contribution is 5.39. The highest BCUT2D eigenvalue weighted by atomic mass is 16.5. The number of likely N-dealkylation sites (N-methyl/N-ethyl adjacent to an activating group) is 1. The van der Waals surface area contributed by atoms with E-state index in [9.17, 15) is 0 Å². The quantitative estimate of drug-likeness (QED) is 0.904. The molecule has 1 aliphatic heterocycles. The molecule has 3 unspecified atom stereocenters. The molecule has 0 spiro atoms. The molecule has 3 atom stereocenters. The van der Waals surface area contributed by atoms with Crippen molar-refractivity contribution >= 4 is 0 Å². The van der Waals surface area contributed by atoms with Crippen molar-refractivity contribution in [1.82, 2.24) is 5.32 Å². The van der Waals surface area contributed by atoms with Crippen molar-refractivity contribution in [3.63, 3.8) is 0 Å². The van der Waals surface area contributed by atoms with E-state index in [0.717, 1.165) is 44.8 Å². The van der Waals surface area contributed by atoms with E-state index in [0.29, 0.717) is 5.92 Å². The van der Waals surface area contributed by atoms with Gasteiger partial charge in [0.15, 0.2) is 0 Å². The second kappa shape index (κ2) is 6.77. The number of ether oxygens (including phenoxy) is 3. The van der Waals surface area contributed by atoms with Crippen molar-refractivity contribution in [2.75, 3.05) is 34.0 Å². The van der Waals surface area contributed by atoms with Gasteiger partial charge in [-0.3, -0.25) is 0 Å². The van der Waals surface area contributed by atoms with E-state index in [4.69, 9.17) is 14.2 Å². The molecule has 0 saturated carbocycles. The van der Waals surface area contributed by atoms with Crippen molar-refractivity contribution in [3.8, 4) is 5.75 Å². The fraction of sp³-hybridized carbons (Fsp3) is 0.647. The topological polar surface area (TPSA) is 39.7 Å². The summed E-state index contributed by atoms with van der Waals surface area (Å²) in [5.74, 6) is 1.51. The normalized spacial score (nSPS) is 28.4. The van der Waals surface area contributed by atoms with Crippen LogP contribution in [0.5, 0.6) is 5.75 Å². The molecule has 1 aliphatic carbocycles. The van der Waals surface area contributed by atoms with Gasteiger partial charge >= 0.3 is 0 Å². The summed E-state index contributed by atoms with van der Waals surface area (Å²) in [5, 5.41) is 3.43. The lowest BCUT2D eigenvalue weighted by Gasteiger charge is -2.34. The van der Waals surface area contributed by atoms with Crippen LogP contribution in [0.4, 0.5) is 0 Å². The lowest BCUT2D eigenvalue weighted by atomic mass is 9.85. The zero-order chi connectivity index (χ0) is 14.7. The lowest BCUT2D eigenvalue weighted by Crippen LogP contribution is -2.37. The third-order valence-corrected chi connectivity index (χ3v) is 4.64. The molecule has 4 heteroatoms. The van der Waals surface area contributed by atoms with Crippen molar-refractivity contribution in [3.05, 3.63) is 29.3 Å². The molecular weight excluding hydrogens is 266 g/mol. The number of nitrogens with one attached hydrogen (secondary N) is 1. The van der Waals surface area contributed by atoms with E-state index in [1.807, 2.05) is 13.1 Å².